The molecule has 0 saturated heterocycles. The largest absolute Gasteiger partial charge is 0.497 e. The van der Waals surface area contributed by atoms with Crippen molar-refractivity contribution >= 4 is 46.4 Å². The maximum Gasteiger partial charge on any atom is 0.279 e. The quantitative estimate of drug-likeness (QED) is 0.746. The zero-order valence-electron chi connectivity index (χ0n) is 13.3. The summed E-state index contributed by atoms with van der Waals surface area (Å²) in [6.07, 6.45) is 0. The van der Waals surface area contributed by atoms with E-state index in [0.717, 1.165) is 16.2 Å². The highest BCUT2D eigenvalue weighted by molar-refractivity contribution is 6.44. The highest BCUT2D eigenvalue weighted by Crippen LogP contribution is 2.32. The zero-order valence-corrected chi connectivity index (χ0v) is 15.6. The van der Waals surface area contributed by atoms with Crippen LogP contribution in [0, 0.1) is 0 Å². The first-order chi connectivity index (χ1) is 11.4. The summed E-state index contributed by atoms with van der Waals surface area (Å²) in [7, 11) is 3.57. The Labute approximate surface area is 156 Å². The molecular weight excluding hydrogens is 371 g/mol. The third kappa shape index (κ3) is 5.28. The van der Waals surface area contributed by atoms with E-state index in [1.807, 2.05) is 31.3 Å². The molecule has 0 radical (unpaired) electrons. The number of carbonyl (C=O) groups is 1. The molecule has 24 heavy (non-hydrogen) atoms. The maximum absolute atomic E-state index is 12.2. The number of hydrogen-bond donors (Lipinski definition) is 2. The number of rotatable bonds is 6. The van der Waals surface area contributed by atoms with Gasteiger partial charge in [0.1, 0.15) is 12.3 Å². The molecule has 0 saturated carbocycles. The number of likely N-dealkylation sites (N-methyl/N-ethyl adjacent to an activating group) is 1. The number of amides is 1. The third-order valence-electron chi connectivity index (χ3n) is 3.41. The molecule has 7 heteroatoms. The van der Waals surface area contributed by atoms with Gasteiger partial charge in [0.2, 0.25) is 0 Å². The predicted octanol–water partition coefficient (Wildman–Crippen LogP) is 3.31. The number of halogens is 3. The zero-order chi connectivity index (χ0) is 17.7. The molecule has 4 nitrogen and oxygen atoms in total. The van der Waals surface area contributed by atoms with Crippen molar-refractivity contribution in [2.45, 2.75) is 6.54 Å². The minimum Gasteiger partial charge on any atom is -0.497 e. The fourth-order valence-electron chi connectivity index (χ4n) is 2.24. The minimum absolute atomic E-state index is 0.152. The highest BCUT2D eigenvalue weighted by atomic mass is 35.5. The van der Waals surface area contributed by atoms with Crippen LogP contribution in [0.15, 0.2) is 36.4 Å². The molecule has 0 aliphatic rings. The van der Waals surface area contributed by atoms with Crippen molar-refractivity contribution < 1.29 is 14.4 Å². The maximum atomic E-state index is 12.2. The topological polar surface area (TPSA) is 42.8 Å². The highest BCUT2D eigenvalue weighted by Gasteiger charge is 2.14. The van der Waals surface area contributed by atoms with Crippen LogP contribution < -0.4 is 15.0 Å². The van der Waals surface area contributed by atoms with Crippen LogP contribution in [0.3, 0.4) is 0 Å². The van der Waals surface area contributed by atoms with Crippen molar-refractivity contribution in [2.75, 3.05) is 26.0 Å². The van der Waals surface area contributed by atoms with E-state index in [2.05, 4.69) is 5.32 Å². The summed E-state index contributed by atoms with van der Waals surface area (Å²) in [5.41, 5.74) is 1.57. The fourth-order valence-corrected chi connectivity index (χ4v) is 2.84. The standard InChI is InChI=1S/C17H17Cl3N2O2/c1-22(9-11-3-5-12(24-2)6-4-11)10-17(23)21-16-8-14(19)13(18)7-15(16)20/h3-8H,9-10H2,1-2H3,(H,21,23)/p+1. The first kappa shape index (κ1) is 18.9. The summed E-state index contributed by atoms with van der Waals surface area (Å²) in [6, 6.07) is 10.8. The van der Waals surface area contributed by atoms with E-state index in [-0.39, 0.29) is 5.91 Å². The van der Waals surface area contributed by atoms with E-state index in [9.17, 15) is 4.79 Å². The minimum atomic E-state index is -0.152. The summed E-state index contributed by atoms with van der Waals surface area (Å²) in [4.78, 5) is 13.2. The smallest absolute Gasteiger partial charge is 0.279 e. The van der Waals surface area contributed by atoms with Crippen molar-refractivity contribution in [3.05, 3.63) is 57.0 Å². The van der Waals surface area contributed by atoms with Crippen molar-refractivity contribution in [1.29, 1.82) is 0 Å². The molecule has 2 rings (SSSR count). The fraction of sp³-hybridized carbons (Fsp3) is 0.235. The van der Waals surface area contributed by atoms with Gasteiger partial charge in [0, 0.05) is 5.56 Å². The molecule has 0 bridgehead atoms. The van der Waals surface area contributed by atoms with E-state index in [1.165, 1.54) is 6.07 Å². The number of carbonyl (C=O) groups excluding carboxylic acids is 1. The molecule has 1 atom stereocenters. The van der Waals surface area contributed by atoms with Gasteiger partial charge in [-0.05, 0) is 36.4 Å². The first-order valence-corrected chi connectivity index (χ1v) is 8.41. The Morgan fingerprint density at radius 1 is 1.08 bits per heavy atom. The average Bonchev–Trinajstić information content (AvgIpc) is 2.53. The van der Waals surface area contributed by atoms with Gasteiger partial charge in [-0.15, -0.1) is 0 Å². The van der Waals surface area contributed by atoms with E-state index in [4.69, 9.17) is 39.5 Å². The number of hydrogen-bond acceptors (Lipinski definition) is 2. The molecule has 0 aliphatic heterocycles. The Hall–Kier alpha value is -1.46. The summed E-state index contributed by atoms with van der Waals surface area (Å²) < 4.78 is 5.13. The van der Waals surface area contributed by atoms with Crippen LogP contribution in [0.1, 0.15) is 5.56 Å². The second-order valence-corrected chi connectivity index (χ2v) is 6.67. The Morgan fingerprint density at radius 2 is 1.71 bits per heavy atom. The lowest BCUT2D eigenvalue weighted by Gasteiger charge is -2.15. The first-order valence-electron chi connectivity index (χ1n) is 7.27. The summed E-state index contributed by atoms with van der Waals surface area (Å²) in [5.74, 6) is 0.657. The third-order valence-corrected chi connectivity index (χ3v) is 4.45. The number of anilines is 1. The molecular formula is C17H18Cl3N2O2+. The lowest BCUT2D eigenvalue weighted by atomic mass is 10.2. The van der Waals surface area contributed by atoms with Crippen molar-refractivity contribution in [3.63, 3.8) is 0 Å². The Balaban J connectivity index is 1.92. The molecule has 128 valence electrons. The SMILES string of the molecule is COc1ccc(C[NH+](C)CC(=O)Nc2cc(Cl)c(Cl)cc2Cl)cc1. The van der Waals surface area contributed by atoms with Gasteiger partial charge >= 0.3 is 0 Å². The van der Waals surface area contributed by atoms with Crippen molar-refractivity contribution in [3.8, 4) is 5.75 Å². The van der Waals surface area contributed by atoms with E-state index in [0.29, 0.717) is 33.8 Å². The summed E-state index contributed by atoms with van der Waals surface area (Å²) >= 11 is 17.9. The normalized spacial score (nSPS) is 11.9. The summed E-state index contributed by atoms with van der Waals surface area (Å²) in [5, 5.41) is 3.80. The van der Waals surface area contributed by atoms with Crippen LogP contribution in [0.5, 0.6) is 5.75 Å². The van der Waals surface area contributed by atoms with Gasteiger partial charge in [0.15, 0.2) is 6.54 Å². The molecule has 0 aliphatic carbocycles. The Kier molecular flexibility index (Phi) is 6.75. The monoisotopic (exact) mass is 387 g/mol. The van der Waals surface area contributed by atoms with Crippen LogP contribution in [-0.2, 0) is 11.3 Å². The number of methoxy groups -OCH3 is 1. The van der Waals surface area contributed by atoms with Gasteiger partial charge in [0.25, 0.3) is 5.91 Å². The number of quaternary nitrogens is 1. The van der Waals surface area contributed by atoms with Gasteiger partial charge in [-0.1, -0.05) is 34.8 Å². The number of benzene rings is 2. The van der Waals surface area contributed by atoms with Crippen LogP contribution in [0.2, 0.25) is 15.1 Å². The van der Waals surface area contributed by atoms with Crippen LogP contribution in [-0.4, -0.2) is 26.6 Å². The van der Waals surface area contributed by atoms with Gasteiger partial charge in [-0.2, -0.15) is 0 Å². The molecule has 1 amide bonds. The molecule has 2 N–H and O–H groups in total. The molecule has 2 aromatic rings. The molecule has 0 spiro atoms. The van der Waals surface area contributed by atoms with Crippen LogP contribution in [0.4, 0.5) is 5.69 Å². The number of ether oxygens (including phenoxy) is 1. The molecule has 1 unspecified atom stereocenters. The van der Waals surface area contributed by atoms with Crippen LogP contribution in [0.25, 0.3) is 0 Å². The van der Waals surface area contributed by atoms with Crippen molar-refractivity contribution in [2.24, 2.45) is 0 Å². The van der Waals surface area contributed by atoms with Gasteiger partial charge in [0.05, 0.1) is 34.9 Å². The number of nitrogens with one attached hydrogen (secondary N) is 2. The Morgan fingerprint density at radius 3 is 2.33 bits per heavy atom. The second kappa shape index (κ2) is 8.58. The van der Waals surface area contributed by atoms with Gasteiger partial charge in [-0.3, -0.25) is 4.79 Å². The van der Waals surface area contributed by atoms with Crippen LogP contribution >= 0.6 is 34.8 Å². The molecule has 0 heterocycles. The molecule has 2 aromatic carbocycles. The Bertz CT molecular complexity index is 721. The van der Waals surface area contributed by atoms with Gasteiger partial charge < -0.3 is 15.0 Å². The molecule has 0 aromatic heterocycles. The lowest BCUT2D eigenvalue weighted by molar-refractivity contribution is -0.885. The predicted molar refractivity (Wildman–Crippen MR) is 98.6 cm³/mol. The van der Waals surface area contributed by atoms with Crippen molar-refractivity contribution in [1.82, 2.24) is 0 Å². The molecule has 0 fully saturated rings. The summed E-state index contributed by atoms with van der Waals surface area (Å²) in [6.45, 7) is 1.01. The van der Waals surface area contributed by atoms with E-state index < -0.39 is 0 Å². The van der Waals surface area contributed by atoms with E-state index in [1.54, 1.807) is 13.2 Å². The van der Waals surface area contributed by atoms with Gasteiger partial charge in [-0.25, -0.2) is 0 Å². The second-order valence-electron chi connectivity index (χ2n) is 5.45. The van der Waals surface area contributed by atoms with E-state index >= 15 is 0 Å². The average molecular weight is 389 g/mol. The lowest BCUT2D eigenvalue weighted by Crippen LogP contribution is -3.08.